The van der Waals surface area contributed by atoms with Crippen LogP contribution in [0.4, 0.5) is 4.39 Å². The number of carbonyl (C=O) groups excluding carboxylic acids is 1. The van der Waals surface area contributed by atoms with Crippen LogP contribution in [0.15, 0.2) is 12.1 Å². The van der Waals surface area contributed by atoms with E-state index in [0.29, 0.717) is 5.56 Å². The Morgan fingerprint density at radius 3 is 2.50 bits per heavy atom. The lowest BCUT2D eigenvalue weighted by Gasteiger charge is -2.01. The molecule has 3 heteroatoms. The number of aromatic hydroxyl groups is 1. The molecular formula is C9H9FO2. The van der Waals surface area contributed by atoms with Gasteiger partial charge in [0, 0.05) is 5.56 Å². The summed E-state index contributed by atoms with van der Waals surface area (Å²) in [6.45, 7) is 2.87. The van der Waals surface area contributed by atoms with Gasteiger partial charge in [0.2, 0.25) is 0 Å². The van der Waals surface area contributed by atoms with Crippen LogP contribution in [-0.2, 0) is 0 Å². The second kappa shape index (κ2) is 2.93. The maximum absolute atomic E-state index is 12.8. The zero-order valence-corrected chi connectivity index (χ0v) is 6.89. The van der Waals surface area contributed by atoms with Gasteiger partial charge in [0.25, 0.3) is 0 Å². The van der Waals surface area contributed by atoms with E-state index in [1.807, 2.05) is 0 Å². The molecule has 0 saturated carbocycles. The average Bonchev–Trinajstić information content (AvgIpc) is 1.99. The Balaban J connectivity index is 3.31. The van der Waals surface area contributed by atoms with Gasteiger partial charge in [-0.25, -0.2) is 4.39 Å². The molecule has 0 radical (unpaired) electrons. The Labute approximate surface area is 69.6 Å². The number of benzene rings is 1. The molecule has 1 aromatic rings. The van der Waals surface area contributed by atoms with Gasteiger partial charge in [-0.05, 0) is 31.5 Å². The molecule has 0 saturated heterocycles. The van der Waals surface area contributed by atoms with E-state index in [2.05, 4.69) is 0 Å². The van der Waals surface area contributed by atoms with Gasteiger partial charge in [-0.15, -0.1) is 0 Å². The highest BCUT2D eigenvalue weighted by molar-refractivity contribution is 5.94. The third-order valence-electron chi connectivity index (χ3n) is 1.64. The number of rotatable bonds is 1. The van der Waals surface area contributed by atoms with E-state index in [1.54, 1.807) is 0 Å². The maximum atomic E-state index is 12.8. The minimum absolute atomic E-state index is 0.187. The monoisotopic (exact) mass is 168 g/mol. The van der Waals surface area contributed by atoms with E-state index >= 15 is 0 Å². The molecule has 0 aliphatic rings. The number of aryl methyl sites for hydroxylation is 1. The minimum Gasteiger partial charge on any atom is -0.505 e. The number of hydrogen-bond donors (Lipinski definition) is 1. The number of halogens is 1. The fourth-order valence-corrected chi connectivity index (χ4v) is 0.954. The van der Waals surface area contributed by atoms with Crippen LogP contribution in [0, 0.1) is 12.7 Å². The standard InChI is InChI=1S/C9H9FO2/c1-5-3-7(6(2)11)4-8(12)9(5)10/h3-4,12H,1-2H3. The summed E-state index contributed by atoms with van der Waals surface area (Å²) in [5.74, 6) is -1.33. The second-order valence-corrected chi connectivity index (χ2v) is 2.68. The van der Waals surface area contributed by atoms with Crippen molar-refractivity contribution in [1.29, 1.82) is 0 Å². The summed E-state index contributed by atoms with van der Waals surface area (Å²) in [4.78, 5) is 10.8. The van der Waals surface area contributed by atoms with Gasteiger partial charge in [0.15, 0.2) is 17.3 Å². The van der Waals surface area contributed by atoms with Crippen molar-refractivity contribution in [2.45, 2.75) is 13.8 Å². The van der Waals surface area contributed by atoms with Crippen LogP contribution in [0.5, 0.6) is 5.75 Å². The topological polar surface area (TPSA) is 37.3 Å². The molecule has 0 amide bonds. The van der Waals surface area contributed by atoms with Gasteiger partial charge in [-0.2, -0.15) is 0 Å². The first-order valence-electron chi connectivity index (χ1n) is 3.52. The Bertz CT molecular complexity index is 308. The summed E-state index contributed by atoms with van der Waals surface area (Å²) < 4.78 is 12.8. The largest absolute Gasteiger partial charge is 0.505 e. The Hall–Kier alpha value is -1.38. The summed E-state index contributed by atoms with van der Waals surface area (Å²) in [7, 11) is 0. The molecule has 1 rings (SSSR count). The number of phenolic OH excluding ortho intramolecular Hbond substituents is 1. The highest BCUT2D eigenvalue weighted by Gasteiger charge is 2.08. The summed E-state index contributed by atoms with van der Waals surface area (Å²) in [5, 5.41) is 9.00. The zero-order valence-electron chi connectivity index (χ0n) is 6.89. The van der Waals surface area contributed by atoms with E-state index in [-0.39, 0.29) is 11.3 Å². The summed E-state index contributed by atoms with van der Waals surface area (Å²) in [5.41, 5.74) is 0.603. The highest BCUT2D eigenvalue weighted by atomic mass is 19.1. The lowest BCUT2D eigenvalue weighted by atomic mass is 10.1. The van der Waals surface area contributed by atoms with Crippen molar-refractivity contribution in [2.24, 2.45) is 0 Å². The van der Waals surface area contributed by atoms with Gasteiger partial charge in [-0.1, -0.05) is 0 Å². The fraction of sp³-hybridized carbons (Fsp3) is 0.222. The third kappa shape index (κ3) is 1.44. The minimum atomic E-state index is -0.667. The first-order chi connectivity index (χ1) is 5.52. The Kier molecular flexibility index (Phi) is 2.13. The SMILES string of the molecule is CC(=O)c1cc(C)c(F)c(O)c1. The number of carbonyl (C=O) groups is 1. The van der Waals surface area contributed by atoms with Crippen molar-refractivity contribution in [3.05, 3.63) is 29.1 Å². The van der Waals surface area contributed by atoms with Gasteiger partial charge >= 0.3 is 0 Å². The van der Waals surface area contributed by atoms with Crippen molar-refractivity contribution in [3.63, 3.8) is 0 Å². The van der Waals surface area contributed by atoms with Crippen molar-refractivity contribution in [1.82, 2.24) is 0 Å². The van der Waals surface area contributed by atoms with E-state index in [4.69, 9.17) is 5.11 Å². The molecule has 64 valence electrons. The average molecular weight is 168 g/mol. The summed E-state index contributed by atoms with van der Waals surface area (Å²) >= 11 is 0. The first kappa shape index (κ1) is 8.71. The summed E-state index contributed by atoms with van der Waals surface area (Å²) in [6.07, 6.45) is 0. The summed E-state index contributed by atoms with van der Waals surface area (Å²) in [6, 6.07) is 2.54. The van der Waals surface area contributed by atoms with Crippen LogP contribution in [0.3, 0.4) is 0 Å². The molecule has 1 N–H and O–H groups in total. The van der Waals surface area contributed by atoms with Gasteiger partial charge in [-0.3, -0.25) is 4.79 Å². The lowest BCUT2D eigenvalue weighted by Crippen LogP contribution is -1.94. The normalized spacial score (nSPS) is 9.92. The van der Waals surface area contributed by atoms with E-state index in [1.165, 1.54) is 19.9 Å². The molecule has 2 nitrogen and oxygen atoms in total. The number of phenols is 1. The molecule has 1 aromatic carbocycles. The molecule has 0 aromatic heterocycles. The predicted molar refractivity (Wildman–Crippen MR) is 42.8 cm³/mol. The Morgan fingerprint density at radius 1 is 1.50 bits per heavy atom. The van der Waals surface area contributed by atoms with Gasteiger partial charge in [0.05, 0.1) is 0 Å². The van der Waals surface area contributed by atoms with Crippen LogP contribution in [0.25, 0.3) is 0 Å². The molecule has 12 heavy (non-hydrogen) atoms. The quantitative estimate of drug-likeness (QED) is 0.651. The smallest absolute Gasteiger partial charge is 0.167 e. The molecule has 0 spiro atoms. The predicted octanol–water partition coefficient (Wildman–Crippen LogP) is 2.04. The van der Waals surface area contributed by atoms with Gasteiger partial charge in [0.1, 0.15) is 0 Å². The van der Waals surface area contributed by atoms with Gasteiger partial charge < -0.3 is 5.11 Å². The second-order valence-electron chi connectivity index (χ2n) is 2.68. The molecule has 0 bridgehead atoms. The molecule has 0 heterocycles. The highest BCUT2D eigenvalue weighted by Crippen LogP contribution is 2.21. The van der Waals surface area contributed by atoms with Crippen LogP contribution >= 0.6 is 0 Å². The van der Waals surface area contributed by atoms with Crippen LogP contribution in [0.1, 0.15) is 22.8 Å². The maximum Gasteiger partial charge on any atom is 0.167 e. The van der Waals surface area contributed by atoms with Crippen molar-refractivity contribution >= 4 is 5.78 Å². The van der Waals surface area contributed by atoms with Crippen molar-refractivity contribution in [3.8, 4) is 5.75 Å². The first-order valence-corrected chi connectivity index (χ1v) is 3.52. The number of ketones is 1. The molecule has 0 aliphatic heterocycles. The Morgan fingerprint density at radius 2 is 2.08 bits per heavy atom. The molecular weight excluding hydrogens is 159 g/mol. The van der Waals surface area contributed by atoms with E-state index < -0.39 is 11.6 Å². The fourth-order valence-electron chi connectivity index (χ4n) is 0.954. The van der Waals surface area contributed by atoms with Crippen LogP contribution in [-0.4, -0.2) is 10.9 Å². The van der Waals surface area contributed by atoms with E-state index in [0.717, 1.165) is 6.07 Å². The molecule has 0 atom stereocenters. The molecule has 0 fully saturated rings. The van der Waals surface area contributed by atoms with E-state index in [9.17, 15) is 9.18 Å². The lowest BCUT2D eigenvalue weighted by molar-refractivity contribution is 0.101. The zero-order chi connectivity index (χ0) is 9.30. The van der Waals surface area contributed by atoms with Crippen LogP contribution < -0.4 is 0 Å². The molecule has 0 unspecified atom stereocenters. The van der Waals surface area contributed by atoms with Crippen molar-refractivity contribution < 1.29 is 14.3 Å². The van der Waals surface area contributed by atoms with Crippen LogP contribution in [0.2, 0.25) is 0 Å². The number of hydrogen-bond acceptors (Lipinski definition) is 2. The third-order valence-corrected chi connectivity index (χ3v) is 1.64. The molecule has 0 aliphatic carbocycles. The number of Topliss-reactive ketones (excluding diaryl/α,β-unsaturated/α-hetero) is 1. The van der Waals surface area contributed by atoms with Crippen molar-refractivity contribution in [2.75, 3.05) is 0 Å².